The Morgan fingerprint density at radius 1 is 0.588 bits per heavy atom. The second-order valence-electron chi connectivity index (χ2n) is 5.47. The maximum atomic E-state index is 2.97. The molecule has 0 spiro atoms. The molecule has 0 heterocycles. The average Bonchev–Trinajstić information content (AvgIpc) is 1.98. The van der Waals surface area contributed by atoms with Crippen molar-refractivity contribution in [3.8, 4) is 0 Å². The summed E-state index contributed by atoms with van der Waals surface area (Å²) in [6.07, 6.45) is 0. The van der Waals surface area contributed by atoms with Crippen LogP contribution in [-0.4, -0.2) is 9.77 Å². The molecule has 0 aromatic carbocycles. The number of rotatable bonds is 5. The lowest BCUT2D eigenvalue weighted by Crippen LogP contribution is -2.69. The zero-order valence-corrected chi connectivity index (χ0v) is 24.9. The first-order chi connectivity index (χ1) is 7.33. The summed E-state index contributed by atoms with van der Waals surface area (Å²) in [7, 11) is -1.24. The van der Waals surface area contributed by atoms with Gasteiger partial charge in [0, 0.05) is 0 Å². The average molecular weight is 848 g/mol. The van der Waals surface area contributed by atoms with Gasteiger partial charge in [0.15, 0.2) is 0 Å². The topological polar surface area (TPSA) is 0 Å². The molecule has 104 valence electrons. The summed E-state index contributed by atoms with van der Waals surface area (Å²) in [5, 5.41) is 0. The van der Waals surface area contributed by atoms with Gasteiger partial charge in [0.05, 0.1) is 7.59 Å². The van der Waals surface area contributed by atoms with E-state index in [-0.39, 0.29) is 0 Å². The van der Waals surface area contributed by atoms with Crippen molar-refractivity contribution >= 4 is 119 Å². The molecule has 0 atom stereocenters. The van der Waals surface area contributed by atoms with Gasteiger partial charge in [-0.3, -0.25) is 0 Å². The molecule has 0 fully saturated rings. The molecule has 0 aliphatic heterocycles. The Labute approximate surface area is 173 Å². The van der Waals surface area contributed by atoms with Crippen LogP contribution in [0, 0.1) is 0 Å². The molecule has 0 amide bonds. The quantitative estimate of drug-likeness (QED) is 0.154. The van der Waals surface area contributed by atoms with Crippen LogP contribution in [0.3, 0.4) is 0 Å². The molecule has 0 nitrogen and oxygen atoms in total. The maximum absolute atomic E-state index is 2.97. The SMILES string of the molecule is CC(C)[Si](C(C)C)(C(C)C)[Si](I)(I)[Si](I)(I)I. The molecule has 0 aromatic rings. The molecule has 0 rings (SSSR count). The van der Waals surface area contributed by atoms with Crippen LogP contribution in [-0.2, 0) is 0 Å². The van der Waals surface area contributed by atoms with Crippen molar-refractivity contribution in [3.05, 3.63) is 0 Å². The first kappa shape index (κ1) is 21.3. The Bertz CT molecular complexity index is 238. The van der Waals surface area contributed by atoms with E-state index < -0.39 is 9.77 Å². The summed E-state index contributed by atoms with van der Waals surface area (Å²) < 4.78 is -2.32. The summed E-state index contributed by atoms with van der Waals surface area (Å²) in [6.45, 7) is 15.1. The molecular formula is C9H21I5Si3. The highest BCUT2D eigenvalue weighted by Crippen LogP contribution is 2.60. The van der Waals surface area contributed by atoms with E-state index in [1.165, 1.54) is 0 Å². The van der Waals surface area contributed by atoms with Gasteiger partial charge in [-0.25, -0.2) is 0 Å². The van der Waals surface area contributed by atoms with Crippen molar-refractivity contribution in [1.82, 2.24) is 0 Å². The van der Waals surface area contributed by atoms with E-state index in [0.29, 0.717) is 0 Å². The van der Waals surface area contributed by atoms with Crippen molar-refractivity contribution in [3.63, 3.8) is 0 Å². The van der Waals surface area contributed by atoms with Crippen LogP contribution in [0.2, 0.25) is 16.6 Å². The van der Waals surface area contributed by atoms with Gasteiger partial charge in [-0.05, 0) is 0 Å². The summed E-state index contributed by atoms with van der Waals surface area (Å²) >= 11 is 14.5. The Morgan fingerprint density at radius 2 is 0.824 bits per heavy atom. The minimum atomic E-state index is -1.24. The molecule has 8 heteroatoms. The van der Waals surface area contributed by atoms with Crippen molar-refractivity contribution in [2.24, 2.45) is 0 Å². The normalized spacial score (nSPS) is 15.2. The van der Waals surface area contributed by atoms with Crippen LogP contribution < -0.4 is 0 Å². The molecule has 0 unspecified atom stereocenters. The Morgan fingerprint density at radius 3 is 0.882 bits per heavy atom. The van der Waals surface area contributed by atoms with E-state index in [1.54, 1.807) is 0 Å². The molecule has 17 heavy (non-hydrogen) atoms. The summed E-state index contributed by atoms with van der Waals surface area (Å²) in [6, 6.07) is 0. The first-order valence-corrected chi connectivity index (χ1v) is 29.6. The van der Waals surface area contributed by atoms with Gasteiger partial charge in [0.1, 0.15) is 0 Å². The fourth-order valence-electron chi connectivity index (χ4n) is 3.33. The minimum absolute atomic E-state index is 0.911. The Kier molecular flexibility index (Phi) is 9.67. The lowest BCUT2D eigenvalue weighted by atomic mass is 10.5. The van der Waals surface area contributed by atoms with Gasteiger partial charge in [0.2, 0.25) is 2.10 Å². The molecule has 0 N–H and O–H groups in total. The summed E-state index contributed by atoms with van der Waals surface area (Å²) in [5.41, 5.74) is 2.73. The van der Waals surface area contributed by atoms with Gasteiger partial charge in [0.25, 0.3) is 0.0813 Å². The van der Waals surface area contributed by atoms with Crippen LogP contribution in [0.25, 0.3) is 0 Å². The van der Waals surface area contributed by atoms with Crippen LogP contribution in [0.4, 0.5) is 0 Å². The second kappa shape index (κ2) is 7.72. The molecular weight excluding hydrogens is 827 g/mol. The van der Waals surface area contributed by atoms with Gasteiger partial charge in [-0.1, -0.05) is 124 Å². The second-order valence-corrected chi connectivity index (χ2v) is 94.2. The van der Waals surface area contributed by atoms with E-state index in [9.17, 15) is 0 Å². The largest absolute Gasteiger partial charge is 0.261 e. The first-order valence-electron chi connectivity index (χ1n) is 5.78. The van der Waals surface area contributed by atoms with E-state index >= 15 is 0 Å². The molecule has 0 radical (unpaired) electrons. The van der Waals surface area contributed by atoms with Gasteiger partial charge < -0.3 is 0 Å². The van der Waals surface area contributed by atoms with Gasteiger partial charge >= 0.3 is 0 Å². The highest BCUT2D eigenvalue weighted by molar-refractivity contribution is 14.4. The maximum Gasteiger partial charge on any atom is 0.261 e. The third-order valence-corrected chi connectivity index (χ3v) is 152. The van der Waals surface area contributed by atoms with Crippen LogP contribution in [0.15, 0.2) is 0 Å². The van der Waals surface area contributed by atoms with E-state index in [4.69, 9.17) is 0 Å². The molecule has 0 saturated carbocycles. The number of halogens is 5. The van der Waals surface area contributed by atoms with Crippen molar-refractivity contribution in [1.29, 1.82) is 0 Å². The fourth-order valence-corrected chi connectivity index (χ4v) is 102. The van der Waals surface area contributed by atoms with Crippen LogP contribution >= 0.6 is 109 Å². The smallest absolute Gasteiger partial charge is 0.109 e. The van der Waals surface area contributed by atoms with E-state index in [0.717, 1.165) is 16.6 Å². The van der Waals surface area contributed by atoms with Gasteiger partial charge in [-0.2, -0.15) is 0 Å². The third kappa shape index (κ3) is 4.19. The predicted octanol–water partition coefficient (Wildman–Crippen LogP) is 7.38. The van der Waals surface area contributed by atoms with Crippen molar-refractivity contribution in [2.45, 2.75) is 58.2 Å². The van der Waals surface area contributed by atoms with E-state index in [2.05, 4.69) is 151 Å². The van der Waals surface area contributed by atoms with Crippen molar-refractivity contribution in [2.75, 3.05) is 0 Å². The summed E-state index contributed by atoms with van der Waals surface area (Å²) in [4.78, 5) is 0. The molecule has 0 aliphatic carbocycles. The summed E-state index contributed by atoms with van der Waals surface area (Å²) in [5.74, 6) is 0. The number of hydrogen-bond acceptors (Lipinski definition) is 0. The third-order valence-electron chi connectivity index (χ3n) is 3.77. The van der Waals surface area contributed by atoms with E-state index in [1.807, 2.05) is 0 Å². The fraction of sp³-hybridized carbons (Fsp3) is 1.00. The highest BCUT2D eigenvalue weighted by Gasteiger charge is 2.66. The molecule has 0 aromatic heterocycles. The predicted molar refractivity (Wildman–Crippen MR) is 133 cm³/mol. The molecule has 0 saturated heterocycles. The van der Waals surface area contributed by atoms with Crippen LogP contribution in [0.1, 0.15) is 41.5 Å². The molecule has 0 bridgehead atoms. The minimum Gasteiger partial charge on any atom is -0.109 e. The molecule has 0 aliphatic rings. The lowest BCUT2D eigenvalue weighted by Gasteiger charge is -2.52. The monoisotopic (exact) mass is 848 g/mol. The van der Waals surface area contributed by atoms with Gasteiger partial charge in [-0.15, -0.1) is 43.6 Å². The Balaban J connectivity index is 5.95. The van der Waals surface area contributed by atoms with Crippen molar-refractivity contribution < 1.29 is 0 Å². The van der Waals surface area contributed by atoms with Crippen LogP contribution in [0.5, 0.6) is 0 Å². The standard InChI is InChI=1S/C9H21I5Si3/c1-7(2)15(8(3)4,9(5)6)17(13,14)16(10,11)12/h7-9H,1-6H3. The zero-order valence-electron chi connectivity index (χ0n) is 11.1. The number of hydrogen-bond donors (Lipinski definition) is 0. The lowest BCUT2D eigenvalue weighted by molar-refractivity contribution is 0.847. The highest BCUT2D eigenvalue weighted by atomic mass is 127. The zero-order chi connectivity index (χ0) is 14.2. The Hall–Kier alpha value is 4.30.